The SMILES string of the molecule is Cc1ccc(F)cc1C(C)(C)CC(O)(Cn1ccc(=O)c2occc21)C(F)(F)F. The van der Waals surface area contributed by atoms with Gasteiger partial charge in [0.15, 0.2) is 11.2 Å². The number of furan rings is 1. The van der Waals surface area contributed by atoms with Crippen molar-refractivity contribution in [2.24, 2.45) is 0 Å². The summed E-state index contributed by atoms with van der Waals surface area (Å²) in [5, 5.41) is 10.8. The molecule has 0 bridgehead atoms. The van der Waals surface area contributed by atoms with Gasteiger partial charge in [0, 0.05) is 18.3 Å². The summed E-state index contributed by atoms with van der Waals surface area (Å²) in [6.07, 6.45) is -3.28. The lowest BCUT2D eigenvalue weighted by atomic mass is 9.73. The highest BCUT2D eigenvalue weighted by atomic mass is 19.4. The smallest absolute Gasteiger partial charge is 0.418 e. The van der Waals surface area contributed by atoms with Crippen LogP contribution in [-0.4, -0.2) is 21.5 Å². The summed E-state index contributed by atoms with van der Waals surface area (Å²) in [7, 11) is 0. The van der Waals surface area contributed by atoms with Crippen LogP contribution in [0.2, 0.25) is 0 Å². The third-order valence-corrected chi connectivity index (χ3v) is 5.21. The van der Waals surface area contributed by atoms with E-state index in [1.165, 1.54) is 50.6 Å². The molecule has 29 heavy (non-hydrogen) atoms. The zero-order valence-electron chi connectivity index (χ0n) is 16.2. The van der Waals surface area contributed by atoms with Gasteiger partial charge in [-0.3, -0.25) is 4.79 Å². The molecule has 1 aromatic carbocycles. The quantitative estimate of drug-likeness (QED) is 0.619. The summed E-state index contributed by atoms with van der Waals surface area (Å²) >= 11 is 0. The molecule has 0 amide bonds. The average Bonchev–Trinajstić information content (AvgIpc) is 3.09. The van der Waals surface area contributed by atoms with Crippen LogP contribution in [0.3, 0.4) is 0 Å². The zero-order valence-corrected chi connectivity index (χ0v) is 16.2. The first-order valence-electron chi connectivity index (χ1n) is 8.96. The third-order valence-electron chi connectivity index (χ3n) is 5.21. The molecule has 0 aliphatic carbocycles. The van der Waals surface area contributed by atoms with E-state index in [-0.39, 0.29) is 11.1 Å². The zero-order chi connectivity index (χ0) is 21.6. The Bertz CT molecular complexity index is 1100. The van der Waals surface area contributed by atoms with Crippen LogP contribution in [-0.2, 0) is 12.0 Å². The van der Waals surface area contributed by atoms with E-state index in [1.807, 2.05) is 0 Å². The molecule has 0 saturated heterocycles. The monoisotopic (exact) mass is 411 g/mol. The van der Waals surface area contributed by atoms with Crippen LogP contribution in [0, 0.1) is 12.7 Å². The van der Waals surface area contributed by atoms with Crippen LogP contribution in [0.1, 0.15) is 31.4 Å². The Kier molecular flexibility index (Phi) is 5.11. The van der Waals surface area contributed by atoms with E-state index in [0.29, 0.717) is 11.1 Å². The second kappa shape index (κ2) is 7.02. The summed E-state index contributed by atoms with van der Waals surface area (Å²) in [5.41, 5.74) is -3.71. The molecular weight excluding hydrogens is 390 g/mol. The maximum atomic E-state index is 14.0. The molecule has 3 rings (SSSR count). The van der Waals surface area contributed by atoms with Gasteiger partial charge < -0.3 is 14.1 Å². The van der Waals surface area contributed by atoms with Crippen molar-refractivity contribution < 1.29 is 27.1 Å². The second-order valence-corrected chi connectivity index (χ2v) is 7.99. The first-order valence-corrected chi connectivity index (χ1v) is 8.96. The molecule has 0 spiro atoms. The van der Waals surface area contributed by atoms with Crippen LogP contribution in [0.4, 0.5) is 17.6 Å². The highest BCUT2D eigenvalue weighted by molar-refractivity contribution is 5.72. The van der Waals surface area contributed by atoms with Crippen LogP contribution < -0.4 is 5.43 Å². The molecule has 0 fully saturated rings. The molecule has 8 heteroatoms. The van der Waals surface area contributed by atoms with Crippen LogP contribution in [0.5, 0.6) is 0 Å². The molecule has 3 aromatic rings. The standard InChI is InChI=1S/C21H21F4NO3/c1-13-4-5-14(22)10-15(13)19(2,3)11-20(28,21(23,24)25)12-26-8-6-17(27)18-16(26)7-9-29-18/h4-10,28H,11-12H2,1-3H3. The third kappa shape index (κ3) is 3.94. The first-order chi connectivity index (χ1) is 13.3. The summed E-state index contributed by atoms with van der Waals surface area (Å²) in [6, 6.07) is 6.39. The summed E-state index contributed by atoms with van der Waals surface area (Å²) in [4.78, 5) is 11.8. The van der Waals surface area contributed by atoms with Gasteiger partial charge >= 0.3 is 6.18 Å². The molecule has 1 atom stereocenters. The van der Waals surface area contributed by atoms with Gasteiger partial charge in [-0.1, -0.05) is 19.9 Å². The van der Waals surface area contributed by atoms with Crippen molar-refractivity contribution in [1.82, 2.24) is 4.57 Å². The largest absolute Gasteiger partial charge is 0.459 e. The highest BCUT2D eigenvalue weighted by Crippen LogP contribution is 2.43. The number of pyridine rings is 1. The Morgan fingerprint density at radius 3 is 2.48 bits per heavy atom. The number of aryl methyl sites for hydroxylation is 1. The van der Waals surface area contributed by atoms with E-state index in [0.717, 1.165) is 10.6 Å². The Morgan fingerprint density at radius 1 is 1.14 bits per heavy atom. The van der Waals surface area contributed by atoms with E-state index < -0.39 is 41.4 Å². The number of fused-ring (bicyclic) bond motifs is 1. The topological polar surface area (TPSA) is 55.4 Å². The van der Waals surface area contributed by atoms with Gasteiger partial charge in [0.1, 0.15) is 5.82 Å². The maximum Gasteiger partial charge on any atom is 0.418 e. The molecule has 1 N–H and O–H groups in total. The summed E-state index contributed by atoms with van der Waals surface area (Å²) in [6.45, 7) is 3.90. The van der Waals surface area contributed by atoms with Crippen molar-refractivity contribution in [1.29, 1.82) is 0 Å². The Morgan fingerprint density at radius 2 is 1.83 bits per heavy atom. The van der Waals surface area contributed by atoms with Crippen LogP contribution in [0.15, 0.2) is 52.0 Å². The van der Waals surface area contributed by atoms with Crippen molar-refractivity contribution in [3.63, 3.8) is 0 Å². The number of halogens is 4. The molecule has 0 aliphatic rings. The molecule has 1 unspecified atom stereocenters. The minimum absolute atomic E-state index is 0.0859. The van der Waals surface area contributed by atoms with E-state index in [2.05, 4.69) is 0 Å². The number of aliphatic hydroxyl groups is 1. The minimum atomic E-state index is -4.97. The van der Waals surface area contributed by atoms with Gasteiger partial charge in [0.05, 0.1) is 18.3 Å². The van der Waals surface area contributed by atoms with Gasteiger partial charge in [-0.05, 0) is 42.0 Å². The van der Waals surface area contributed by atoms with Crippen molar-refractivity contribution in [2.75, 3.05) is 0 Å². The maximum absolute atomic E-state index is 14.0. The highest BCUT2D eigenvalue weighted by Gasteiger charge is 2.56. The van der Waals surface area contributed by atoms with Crippen molar-refractivity contribution in [3.05, 3.63) is 70.0 Å². The normalized spacial score (nSPS) is 14.9. The fraction of sp³-hybridized carbons (Fsp3) is 0.381. The summed E-state index contributed by atoms with van der Waals surface area (Å²) in [5.74, 6) is -0.560. The first kappa shape index (κ1) is 21.1. The lowest BCUT2D eigenvalue weighted by Crippen LogP contribution is -2.52. The molecular formula is C21H21F4NO3. The predicted octanol–water partition coefficient (Wildman–Crippen LogP) is 4.70. The molecule has 2 heterocycles. The molecule has 156 valence electrons. The van der Waals surface area contributed by atoms with Gasteiger partial charge in [-0.15, -0.1) is 0 Å². The lowest BCUT2D eigenvalue weighted by Gasteiger charge is -2.39. The number of aromatic nitrogens is 1. The van der Waals surface area contributed by atoms with Gasteiger partial charge in [-0.2, -0.15) is 13.2 Å². The number of benzene rings is 1. The Labute approximate surface area is 164 Å². The van der Waals surface area contributed by atoms with Crippen molar-refractivity contribution in [3.8, 4) is 0 Å². The lowest BCUT2D eigenvalue weighted by molar-refractivity contribution is -0.271. The fourth-order valence-corrected chi connectivity index (χ4v) is 3.84. The van der Waals surface area contributed by atoms with E-state index in [4.69, 9.17) is 4.42 Å². The number of rotatable bonds is 5. The molecule has 0 aliphatic heterocycles. The Hall–Kier alpha value is -2.61. The predicted molar refractivity (Wildman–Crippen MR) is 100 cm³/mol. The number of alkyl halides is 3. The second-order valence-electron chi connectivity index (χ2n) is 7.99. The molecule has 0 saturated carbocycles. The molecule has 0 radical (unpaired) electrons. The van der Waals surface area contributed by atoms with Gasteiger partial charge in [0.2, 0.25) is 5.43 Å². The summed E-state index contributed by atoms with van der Waals surface area (Å²) < 4.78 is 61.9. The minimum Gasteiger partial charge on any atom is -0.459 e. The van der Waals surface area contributed by atoms with Crippen LogP contribution in [0.25, 0.3) is 11.1 Å². The van der Waals surface area contributed by atoms with Gasteiger partial charge in [0.25, 0.3) is 0 Å². The fourth-order valence-electron chi connectivity index (χ4n) is 3.84. The van der Waals surface area contributed by atoms with E-state index >= 15 is 0 Å². The average molecular weight is 411 g/mol. The van der Waals surface area contributed by atoms with E-state index in [9.17, 15) is 27.5 Å². The molecule has 2 aromatic heterocycles. The molecule has 4 nitrogen and oxygen atoms in total. The van der Waals surface area contributed by atoms with Crippen LogP contribution >= 0.6 is 0 Å². The van der Waals surface area contributed by atoms with Crippen molar-refractivity contribution in [2.45, 2.75) is 50.9 Å². The Balaban J connectivity index is 2.05. The number of hydrogen-bond acceptors (Lipinski definition) is 3. The van der Waals surface area contributed by atoms with Crippen molar-refractivity contribution >= 4 is 11.1 Å². The van der Waals surface area contributed by atoms with E-state index in [1.54, 1.807) is 6.92 Å². The van der Waals surface area contributed by atoms with Gasteiger partial charge in [-0.25, -0.2) is 4.39 Å². The number of hydrogen-bond donors (Lipinski definition) is 1. The number of nitrogens with zero attached hydrogens (tertiary/aromatic N) is 1.